The molecule has 0 fully saturated rings. The highest BCUT2D eigenvalue weighted by molar-refractivity contribution is 5.80. The molecule has 2 heterocycles. The maximum Gasteiger partial charge on any atom is 0.213 e. The number of pyridine rings is 2. The molecule has 3 aromatic rings. The number of para-hydroxylation sites is 1. The van der Waals surface area contributed by atoms with Crippen molar-refractivity contribution < 1.29 is 14.3 Å². The van der Waals surface area contributed by atoms with Gasteiger partial charge in [-0.05, 0) is 12.1 Å². The molecule has 0 spiro atoms. The minimum atomic E-state index is 0.312. The van der Waals surface area contributed by atoms with Gasteiger partial charge >= 0.3 is 0 Å². The molecule has 0 aliphatic heterocycles. The minimum Gasteiger partial charge on any atom is -0.486 e. The largest absolute Gasteiger partial charge is 0.486 e. The van der Waals surface area contributed by atoms with E-state index < -0.39 is 0 Å². The fraction of sp³-hybridized carbons (Fsp3) is 0.118. The summed E-state index contributed by atoms with van der Waals surface area (Å²) in [6.45, 7) is 0.312. The first kappa shape index (κ1) is 14.0. The number of aromatic nitrogens is 2. The van der Waals surface area contributed by atoms with Gasteiger partial charge in [0.2, 0.25) is 5.88 Å². The Bertz CT molecular complexity index is 818. The van der Waals surface area contributed by atoms with Gasteiger partial charge in [-0.2, -0.15) is 0 Å². The van der Waals surface area contributed by atoms with Gasteiger partial charge in [-0.1, -0.05) is 18.2 Å². The first-order valence-corrected chi connectivity index (χ1v) is 6.76. The molecule has 0 amide bonds. The number of rotatable bonds is 5. The van der Waals surface area contributed by atoms with E-state index in [2.05, 4.69) is 9.97 Å². The van der Waals surface area contributed by atoms with E-state index in [0.29, 0.717) is 23.8 Å². The van der Waals surface area contributed by atoms with E-state index in [1.165, 1.54) is 13.3 Å². The van der Waals surface area contributed by atoms with Gasteiger partial charge in [0.1, 0.15) is 12.4 Å². The van der Waals surface area contributed by atoms with E-state index in [9.17, 15) is 4.79 Å². The lowest BCUT2D eigenvalue weighted by molar-refractivity contribution is 0.111. The molecular formula is C17H14N2O3. The van der Waals surface area contributed by atoms with Crippen LogP contribution in [-0.2, 0) is 6.61 Å². The predicted octanol–water partition coefficient (Wildman–Crippen LogP) is 3.03. The van der Waals surface area contributed by atoms with Crippen LogP contribution in [0.1, 0.15) is 15.9 Å². The van der Waals surface area contributed by atoms with Crippen molar-refractivity contribution in [2.24, 2.45) is 0 Å². The number of aldehydes is 1. The summed E-state index contributed by atoms with van der Waals surface area (Å²) in [7, 11) is 1.50. The highest BCUT2D eigenvalue weighted by Gasteiger charge is 2.07. The van der Waals surface area contributed by atoms with E-state index in [0.717, 1.165) is 22.8 Å². The maximum absolute atomic E-state index is 11.1. The molecule has 0 radical (unpaired) electrons. The van der Waals surface area contributed by atoms with Crippen LogP contribution in [0.15, 0.2) is 48.8 Å². The van der Waals surface area contributed by atoms with Gasteiger partial charge in [0, 0.05) is 23.2 Å². The molecule has 22 heavy (non-hydrogen) atoms. The first-order chi connectivity index (χ1) is 10.8. The summed E-state index contributed by atoms with van der Waals surface area (Å²) in [6, 6.07) is 11.4. The van der Waals surface area contributed by atoms with Crippen molar-refractivity contribution in [3.05, 3.63) is 59.9 Å². The zero-order valence-corrected chi connectivity index (χ0v) is 12.0. The van der Waals surface area contributed by atoms with E-state index in [4.69, 9.17) is 9.47 Å². The first-order valence-electron chi connectivity index (χ1n) is 6.76. The normalized spacial score (nSPS) is 10.4. The smallest absolute Gasteiger partial charge is 0.213 e. The average Bonchev–Trinajstić information content (AvgIpc) is 2.59. The second-order valence-electron chi connectivity index (χ2n) is 4.71. The maximum atomic E-state index is 11.1. The molecule has 0 saturated heterocycles. The average molecular weight is 294 g/mol. The van der Waals surface area contributed by atoms with Gasteiger partial charge in [0.05, 0.1) is 24.4 Å². The highest BCUT2D eigenvalue weighted by atomic mass is 16.5. The number of benzene rings is 1. The Balaban J connectivity index is 1.80. The molecule has 3 rings (SSSR count). The SMILES string of the molecule is COc1cc(C=O)c(OCc2cnc3ccccc3c2)cn1. The van der Waals surface area contributed by atoms with Crippen molar-refractivity contribution in [1.82, 2.24) is 9.97 Å². The Morgan fingerprint density at radius 3 is 2.82 bits per heavy atom. The van der Waals surface area contributed by atoms with E-state index in [-0.39, 0.29) is 0 Å². The van der Waals surface area contributed by atoms with Gasteiger partial charge < -0.3 is 9.47 Å². The molecule has 0 N–H and O–H groups in total. The molecule has 0 atom stereocenters. The fourth-order valence-electron chi connectivity index (χ4n) is 2.12. The van der Waals surface area contributed by atoms with Crippen molar-refractivity contribution in [2.45, 2.75) is 6.61 Å². The lowest BCUT2D eigenvalue weighted by atomic mass is 10.2. The minimum absolute atomic E-state index is 0.312. The topological polar surface area (TPSA) is 61.3 Å². The number of hydrogen-bond donors (Lipinski definition) is 0. The molecule has 0 bridgehead atoms. The van der Waals surface area contributed by atoms with Crippen molar-refractivity contribution in [1.29, 1.82) is 0 Å². The second-order valence-corrected chi connectivity index (χ2v) is 4.71. The predicted molar refractivity (Wildman–Crippen MR) is 82.3 cm³/mol. The summed E-state index contributed by atoms with van der Waals surface area (Å²) in [6.07, 6.45) is 3.97. The third-order valence-electron chi connectivity index (χ3n) is 3.25. The monoisotopic (exact) mass is 294 g/mol. The summed E-state index contributed by atoms with van der Waals surface area (Å²) in [5.41, 5.74) is 2.26. The van der Waals surface area contributed by atoms with Crippen LogP contribution in [-0.4, -0.2) is 23.4 Å². The molecule has 2 aromatic heterocycles. The molecule has 0 saturated carbocycles. The number of methoxy groups -OCH3 is 1. The Labute approximate surface area is 127 Å². The number of ether oxygens (including phenoxy) is 2. The summed E-state index contributed by atoms with van der Waals surface area (Å²) in [4.78, 5) is 19.5. The number of fused-ring (bicyclic) bond motifs is 1. The van der Waals surface area contributed by atoms with Gasteiger partial charge in [0.25, 0.3) is 0 Å². The number of nitrogens with zero attached hydrogens (tertiary/aromatic N) is 2. The lowest BCUT2D eigenvalue weighted by Gasteiger charge is -2.09. The second kappa shape index (κ2) is 6.22. The molecule has 0 aliphatic carbocycles. The number of carbonyl (C=O) groups excluding carboxylic acids is 1. The van der Waals surface area contributed by atoms with E-state index >= 15 is 0 Å². The van der Waals surface area contributed by atoms with Crippen LogP contribution in [0.3, 0.4) is 0 Å². The molecule has 1 aromatic carbocycles. The zero-order valence-electron chi connectivity index (χ0n) is 12.0. The number of carbonyl (C=O) groups is 1. The molecule has 110 valence electrons. The lowest BCUT2D eigenvalue weighted by Crippen LogP contribution is -2.00. The van der Waals surface area contributed by atoms with Gasteiger partial charge in [-0.25, -0.2) is 4.98 Å². The zero-order chi connectivity index (χ0) is 15.4. The van der Waals surface area contributed by atoms with Crippen LogP contribution in [0.4, 0.5) is 0 Å². The summed E-state index contributed by atoms with van der Waals surface area (Å²) in [5, 5.41) is 1.05. The fourth-order valence-corrected chi connectivity index (χ4v) is 2.12. The molecule has 5 nitrogen and oxygen atoms in total. The summed E-state index contributed by atoms with van der Waals surface area (Å²) >= 11 is 0. The van der Waals surface area contributed by atoms with Crippen LogP contribution < -0.4 is 9.47 Å². The van der Waals surface area contributed by atoms with Crippen LogP contribution in [0.25, 0.3) is 10.9 Å². The van der Waals surface area contributed by atoms with Crippen LogP contribution in [0.5, 0.6) is 11.6 Å². The van der Waals surface area contributed by atoms with Gasteiger partial charge in [-0.15, -0.1) is 0 Å². The summed E-state index contributed by atoms with van der Waals surface area (Å²) in [5.74, 6) is 0.797. The van der Waals surface area contributed by atoms with E-state index in [1.54, 1.807) is 12.3 Å². The quantitative estimate of drug-likeness (QED) is 0.677. The van der Waals surface area contributed by atoms with Crippen LogP contribution >= 0.6 is 0 Å². The molecule has 5 heteroatoms. The van der Waals surface area contributed by atoms with E-state index in [1.807, 2.05) is 30.3 Å². The Morgan fingerprint density at radius 1 is 1.14 bits per heavy atom. The Morgan fingerprint density at radius 2 is 2.00 bits per heavy atom. The molecule has 0 aliphatic rings. The van der Waals surface area contributed by atoms with Gasteiger partial charge in [0.15, 0.2) is 6.29 Å². The number of hydrogen-bond acceptors (Lipinski definition) is 5. The van der Waals surface area contributed by atoms with Crippen molar-refractivity contribution in [3.8, 4) is 11.6 Å². The standard InChI is InChI=1S/C17H14N2O3/c1-21-17-7-14(10-20)16(9-19-17)22-11-12-6-13-4-2-3-5-15(13)18-8-12/h2-10H,11H2,1H3. The Hall–Kier alpha value is -2.95. The molecule has 0 unspecified atom stereocenters. The van der Waals surface area contributed by atoms with Crippen molar-refractivity contribution in [2.75, 3.05) is 7.11 Å². The third kappa shape index (κ3) is 2.88. The third-order valence-corrected chi connectivity index (χ3v) is 3.25. The highest BCUT2D eigenvalue weighted by Crippen LogP contribution is 2.21. The van der Waals surface area contributed by atoms with Crippen LogP contribution in [0.2, 0.25) is 0 Å². The summed E-state index contributed by atoms with van der Waals surface area (Å²) < 4.78 is 10.7. The van der Waals surface area contributed by atoms with Gasteiger partial charge in [-0.3, -0.25) is 9.78 Å². The molecular weight excluding hydrogens is 280 g/mol. The van der Waals surface area contributed by atoms with Crippen molar-refractivity contribution in [3.63, 3.8) is 0 Å². The van der Waals surface area contributed by atoms with Crippen molar-refractivity contribution >= 4 is 17.2 Å². The van der Waals surface area contributed by atoms with Crippen LogP contribution in [0, 0.1) is 0 Å². The Kier molecular flexibility index (Phi) is 3.96.